The molecule has 0 saturated carbocycles. The molecule has 0 radical (unpaired) electrons. The van der Waals surface area contributed by atoms with E-state index in [1.165, 1.54) is 13.8 Å². The maximum atomic E-state index is 13.5. The number of hydrogen-bond donors (Lipinski definition) is 3. The van der Waals surface area contributed by atoms with E-state index in [-0.39, 0.29) is 24.5 Å². The molecule has 1 rings (SSSR count). The number of oxime groups is 1. The monoisotopic (exact) mass is 325 g/mol. The first-order valence-corrected chi connectivity index (χ1v) is 7.12. The van der Waals surface area contributed by atoms with Crippen molar-refractivity contribution >= 4 is 15.9 Å². The van der Waals surface area contributed by atoms with Crippen molar-refractivity contribution in [2.24, 2.45) is 16.3 Å². The van der Waals surface area contributed by atoms with Gasteiger partial charge in [0.15, 0.2) is 4.90 Å². The molecule has 0 aliphatic rings. The van der Waals surface area contributed by atoms with Gasteiger partial charge in [0.2, 0.25) is 10.0 Å². The van der Waals surface area contributed by atoms with Crippen LogP contribution in [0.2, 0.25) is 0 Å². The lowest BCUT2D eigenvalue weighted by Crippen LogP contribution is -2.42. The molecule has 0 saturated heterocycles. The number of halogens is 3. The van der Waals surface area contributed by atoms with Crippen molar-refractivity contribution in [1.82, 2.24) is 4.72 Å². The molecule has 0 fully saturated rings. The van der Waals surface area contributed by atoms with Crippen LogP contribution in [-0.2, 0) is 10.0 Å². The summed E-state index contributed by atoms with van der Waals surface area (Å²) in [6, 6.07) is 0.513. The molecule has 0 amide bonds. The Labute approximate surface area is 119 Å². The third kappa shape index (κ3) is 3.85. The number of nitrogens with one attached hydrogen (secondary N) is 1. The Kier molecular flexibility index (Phi) is 4.84. The summed E-state index contributed by atoms with van der Waals surface area (Å²) in [6.07, 6.45) is 0. The summed E-state index contributed by atoms with van der Waals surface area (Å²) in [4.78, 5) is -1.29. The highest BCUT2D eigenvalue weighted by Gasteiger charge is 2.30. The van der Waals surface area contributed by atoms with Gasteiger partial charge in [-0.25, -0.2) is 26.3 Å². The number of nitrogens with zero attached hydrogens (tertiary/aromatic N) is 1. The highest BCUT2D eigenvalue weighted by atomic mass is 32.2. The van der Waals surface area contributed by atoms with E-state index in [1.807, 2.05) is 4.72 Å². The van der Waals surface area contributed by atoms with Crippen LogP contribution in [0.25, 0.3) is 0 Å². The Balaban J connectivity index is 3.10. The summed E-state index contributed by atoms with van der Waals surface area (Å²) in [7, 11) is -4.57. The van der Waals surface area contributed by atoms with Crippen molar-refractivity contribution in [2.45, 2.75) is 18.7 Å². The molecule has 4 N–H and O–H groups in total. The van der Waals surface area contributed by atoms with Crippen LogP contribution in [0.1, 0.15) is 13.8 Å². The summed E-state index contributed by atoms with van der Waals surface area (Å²) in [5.41, 5.74) is 4.26. The minimum atomic E-state index is -4.57. The van der Waals surface area contributed by atoms with Crippen LogP contribution >= 0.6 is 0 Å². The summed E-state index contributed by atoms with van der Waals surface area (Å²) in [5.74, 6) is -4.62. The number of hydrogen-bond acceptors (Lipinski definition) is 4. The first kappa shape index (κ1) is 17.2. The average molecular weight is 325 g/mol. The van der Waals surface area contributed by atoms with Crippen LogP contribution in [0.5, 0.6) is 0 Å². The number of sulfonamides is 1. The van der Waals surface area contributed by atoms with Gasteiger partial charge in [-0.1, -0.05) is 19.0 Å². The van der Waals surface area contributed by atoms with E-state index >= 15 is 0 Å². The highest BCUT2D eigenvalue weighted by molar-refractivity contribution is 7.89. The first-order valence-electron chi connectivity index (χ1n) is 5.63. The lowest BCUT2D eigenvalue weighted by molar-refractivity contribution is 0.307. The van der Waals surface area contributed by atoms with Gasteiger partial charge in [-0.15, -0.1) is 0 Å². The normalized spacial score (nSPS) is 13.5. The summed E-state index contributed by atoms with van der Waals surface area (Å²) < 4.78 is 65.4. The SMILES string of the molecule is CC(C)(CNS(=O)(=O)c1c(F)cc(F)cc1F)C(N)=NO. The Morgan fingerprint density at radius 3 is 2.24 bits per heavy atom. The fraction of sp³-hybridized carbons (Fsp3) is 0.364. The molecule has 118 valence electrons. The van der Waals surface area contributed by atoms with Gasteiger partial charge >= 0.3 is 0 Å². The van der Waals surface area contributed by atoms with Crippen LogP contribution in [0, 0.1) is 22.9 Å². The van der Waals surface area contributed by atoms with Crippen LogP contribution < -0.4 is 10.5 Å². The third-order valence-electron chi connectivity index (χ3n) is 2.74. The number of nitrogens with two attached hydrogens (primary N) is 1. The minimum absolute atomic E-state index is 0.256. The van der Waals surface area contributed by atoms with E-state index in [0.717, 1.165) is 0 Å². The first-order chi connectivity index (χ1) is 9.51. The summed E-state index contributed by atoms with van der Waals surface area (Å²) >= 11 is 0. The lowest BCUT2D eigenvalue weighted by Gasteiger charge is -2.23. The van der Waals surface area contributed by atoms with Crippen molar-refractivity contribution in [2.75, 3.05) is 6.54 Å². The number of rotatable bonds is 5. The van der Waals surface area contributed by atoms with Crippen molar-refractivity contribution in [3.05, 3.63) is 29.6 Å². The maximum absolute atomic E-state index is 13.5. The minimum Gasteiger partial charge on any atom is -0.409 e. The third-order valence-corrected chi connectivity index (χ3v) is 4.19. The van der Waals surface area contributed by atoms with Crippen LogP contribution in [0.15, 0.2) is 22.2 Å². The summed E-state index contributed by atoms with van der Waals surface area (Å²) in [5, 5.41) is 11.3. The van der Waals surface area contributed by atoms with E-state index < -0.39 is 37.8 Å². The van der Waals surface area contributed by atoms with Crippen molar-refractivity contribution in [3.63, 3.8) is 0 Å². The molecule has 0 atom stereocenters. The molecule has 0 aliphatic heterocycles. The fourth-order valence-electron chi connectivity index (χ4n) is 1.36. The average Bonchev–Trinajstić information content (AvgIpc) is 2.34. The molecule has 0 unspecified atom stereocenters. The van der Waals surface area contributed by atoms with Gasteiger partial charge in [0.1, 0.15) is 23.3 Å². The van der Waals surface area contributed by atoms with Crippen LogP contribution in [-0.4, -0.2) is 26.0 Å². The van der Waals surface area contributed by atoms with Crippen LogP contribution in [0.4, 0.5) is 13.2 Å². The van der Waals surface area contributed by atoms with Crippen LogP contribution in [0.3, 0.4) is 0 Å². The zero-order valence-corrected chi connectivity index (χ0v) is 12.0. The molecule has 0 bridgehead atoms. The van der Waals surface area contributed by atoms with E-state index in [2.05, 4.69) is 5.16 Å². The second-order valence-electron chi connectivity index (χ2n) is 4.89. The smallest absolute Gasteiger partial charge is 0.246 e. The van der Waals surface area contributed by atoms with E-state index in [9.17, 15) is 21.6 Å². The number of benzene rings is 1. The Morgan fingerprint density at radius 2 is 1.81 bits per heavy atom. The Morgan fingerprint density at radius 1 is 1.33 bits per heavy atom. The largest absolute Gasteiger partial charge is 0.409 e. The molecular weight excluding hydrogens is 311 g/mol. The van der Waals surface area contributed by atoms with Gasteiger partial charge < -0.3 is 10.9 Å². The van der Waals surface area contributed by atoms with Gasteiger partial charge in [-0.05, 0) is 0 Å². The molecule has 10 heteroatoms. The molecule has 0 aliphatic carbocycles. The van der Waals surface area contributed by atoms with Gasteiger partial charge in [-0.3, -0.25) is 0 Å². The number of amidine groups is 1. The lowest BCUT2D eigenvalue weighted by atomic mass is 9.93. The topological polar surface area (TPSA) is 105 Å². The molecule has 0 aromatic heterocycles. The van der Waals surface area contributed by atoms with Crippen molar-refractivity contribution in [3.8, 4) is 0 Å². The van der Waals surface area contributed by atoms with Crippen molar-refractivity contribution < 1.29 is 26.8 Å². The molecule has 1 aromatic rings. The standard InChI is InChI=1S/C11H14F3N3O3S/c1-11(2,10(15)17-18)5-16-21(19,20)9-7(13)3-6(12)4-8(9)14/h3-4,16,18H,5H2,1-2H3,(H2,15,17). The molecule has 21 heavy (non-hydrogen) atoms. The highest BCUT2D eigenvalue weighted by Crippen LogP contribution is 2.21. The zero-order valence-electron chi connectivity index (χ0n) is 11.2. The van der Waals surface area contributed by atoms with Gasteiger partial charge in [0.25, 0.3) is 0 Å². The molecule has 6 nitrogen and oxygen atoms in total. The predicted octanol–water partition coefficient (Wildman–Crippen LogP) is 1.15. The molecule has 0 heterocycles. The molecule has 1 aromatic carbocycles. The fourth-order valence-corrected chi connectivity index (χ4v) is 2.69. The molecule has 0 spiro atoms. The van der Waals surface area contributed by atoms with E-state index in [0.29, 0.717) is 0 Å². The summed E-state index contributed by atoms with van der Waals surface area (Å²) in [6.45, 7) is 2.51. The van der Waals surface area contributed by atoms with Crippen molar-refractivity contribution in [1.29, 1.82) is 0 Å². The van der Waals surface area contributed by atoms with E-state index in [4.69, 9.17) is 10.9 Å². The second kappa shape index (κ2) is 5.90. The zero-order chi connectivity index (χ0) is 16.4. The quantitative estimate of drug-likeness (QED) is 0.327. The predicted molar refractivity (Wildman–Crippen MR) is 68.7 cm³/mol. The van der Waals surface area contributed by atoms with E-state index in [1.54, 1.807) is 0 Å². The van der Waals surface area contributed by atoms with Gasteiger partial charge in [0, 0.05) is 24.1 Å². The molecular formula is C11H14F3N3O3S. The Bertz CT molecular complexity index is 652. The van der Waals surface area contributed by atoms with Gasteiger partial charge in [-0.2, -0.15) is 0 Å². The maximum Gasteiger partial charge on any atom is 0.246 e. The Hall–Kier alpha value is -1.81. The second-order valence-corrected chi connectivity index (χ2v) is 6.60. The van der Waals surface area contributed by atoms with Gasteiger partial charge in [0.05, 0.1) is 0 Å².